The minimum absolute atomic E-state index is 0.264. The average molecular weight is 291 g/mol. The van der Waals surface area contributed by atoms with Crippen molar-refractivity contribution in [3.05, 3.63) is 34.9 Å². The van der Waals surface area contributed by atoms with Gasteiger partial charge in [-0.1, -0.05) is 18.2 Å². The maximum atomic E-state index is 11.5. The minimum Gasteiger partial charge on any atom is -0.373 e. The van der Waals surface area contributed by atoms with Gasteiger partial charge in [-0.2, -0.15) is 0 Å². The Morgan fingerprint density at radius 1 is 1.52 bits per heavy atom. The Kier molecular flexibility index (Phi) is 5.44. The molecule has 2 rings (SSSR count). The first-order chi connectivity index (χ1) is 10.1. The number of ether oxygens (including phenoxy) is 1. The molecule has 1 fully saturated rings. The lowest BCUT2D eigenvalue weighted by atomic mass is 10.0. The van der Waals surface area contributed by atoms with Gasteiger partial charge in [-0.15, -0.1) is 0 Å². The lowest BCUT2D eigenvalue weighted by Gasteiger charge is -2.16. The maximum Gasteiger partial charge on any atom is 0.234 e. The van der Waals surface area contributed by atoms with Gasteiger partial charge in [0.05, 0.1) is 18.8 Å². The number of hydrogen-bond donors (Lipinski definition) is 3. The molecule has 5 N–H and O–H groups in total. The molecule has 1 aliphatic rings. The molecule has 0 spiro atoms. The van der Waals surface area contributed by atoms with Crippen LogP contribution in [0.2, 0.25) is 0 Å². The third kappa shape index (κ3) is 4.63. The normalized spacial score (nSPS) is 18.2. The van der Waals surface area contributed by atoms with Gasteiger partial charge in [0.1, 0.15) is 6.29 Å². The monoisotopic (exact) mass is 291 g/mol. The number of nitrogens with one attached hydrogen (secondary N) is 1. The maximum absolute atomic E-state index is 11.5. The molecule has 1 saturated heterocycles. The summed E-state index contributed by atoms with van der Waals surface area (Å²) in [5, 5.41) is 3.11. The molecule has 0 radical (unpaired) electrons. The lowest BCUT2D eigenvalue weighted by molar-refractivity contribution is -0.120. The van der Waals surface area contributed by atoms with E-state index in [1.54, 1.807) is 6.07 Å². The number of epoxide rings is 1. The summed E-state index contributed by atoms with van der Waals surface area (Å²) in [5.74, 6) is -0.390. The second-order valence-electron chi connectivity index (χ2n) is 5.22. The molecule has 21 heavy (non-hydrogen) atoms. The topological polar surface area (TPSA) is 111 Å². The summed E-state index contributed by atoms with van der Waals surface area (Å²) in [6.45, 7) is 1.57. The van der Waals surface area contributed by atoms with E-state index in [0.29, 0.717) is 25.1 Å². The Balaban J connectivity index is 1.97. The van der Waals surface area contributed by atoms with Crippen molar-refractivity contribution < 1.29 is 14.3 Å². The second-order valence-corrected chi connectivity index (χ2v) is 5.22. The second kappa shape index (κ2) is 7.31. The van der Waals surface area contributed by atoms with Crippen LogP contribution >= 0.6 is 0 Å². The van der Waals surface area contributed by atoms with Crippen LogP contribution in [0.5, 0.6) is 0 Å². The first-order valence-electron chi connectivity index (χ1n) is 7.05. The van der Waals surface area contributed by atoms with Crippen LogP contribution in [0, 0.1) is 0 Å². The molecular formula is C15H21N3O3. The molecule has 1 aromatic rings. The summed E-state index contributed by atoms with van der Waals surface area (Å²) < 4.78 is 5.13. The molecule has 1 aromatic carbocycles. The third-order valence-electron chi connectivity index (χ3n) is 3.63. The smallest absolute Gasteiger partial charge is 0.234 e. The predicted molar refractivity (Wildman–Crippen MR) is 78.5 cm³/mol. The summed E-state index contributed by atoms with van der Waals surface area (Å²) in [7, 11) is 0. The van der Waals surface area contributed by atoms with Gasteiger partial charge in [0.2, 0.25) is 5.91 Å². The number of nitrogens with two attached hydrogens (primary N) is 2. The molecule has 2 unspecified atom stereocenters. The van der Waals surface area contributed by atoms with Gasteiger partial charge < -0.3 is 21.5 Å². The fraction of sp³-hybridized carbons (Fsp3) is 0.467. The van der Waals surface area contributed by atoms with Crippen molar-refractivity contribution in [1.82, 2.24) is 5.32 Å². The highest BCUT2D eigenvalue weighted by Crippen LogP contribution is 2.17. The van der Waals surface area contributed by atoms with E-state index < -0.39 is 11.9 Å². The number of primary amides is 1. The Labute approximate surface area is 123 Å². The molecule has 1 aliphatic heterocycles. The van der Waals surface area contributed by atoms with Crippen molar-refractivity contribution in [2.24, 2.45) is 11.5 Å². The molecule has 6 heteroatoms. The quantitative estimate of drug-likeness (QED) is 0.441. The number of benzene rings is 1. The standard InChI is InChI=1S/C15H21N3O3/c16-6-10-1-2-11(8-19)12(5-10)7-18-14(15(17)20)4-3-13-9-21-13/h1-2,5,8,13-14,18H,3-4,6-7,9,16H2,(H2,17,20). The molecule has 6 nitrogen and oxygen atoms in total. The first-order valence-corrected chi connectivity index (χ1v) is 7.05. The summed E-state index contributed by atoms with van der Waals surface area (Å²) in [6.07, 6.45) is 2.51. The highest BCUT2D eigenvalue weighted by Gasteiger charge is 2.25. The van der Waals surface area contributed by atoms with Crippen LogP contribution in [0.15, 0.2) is 18.2 Å². The van der Waals surface area contributed by atoms with Crippen LogP contribution in [-0.2, 0) is 22.6 Å². The van der Waals surface area contributed by atoms with E-state index in [0.717, 1.165) is 30.4 Å². The molecular weight excluding hydrogens is 270 g/mol. The van der Waals surface area contributed by atoms with Crippen LogP contribution in [0.3, 0.4) is 0 Å². The van der Waals surface area contributed by atoms with E-state index in [1.807, 2.05) is 12.1 Å². The lowest BCUT2D eigenvalue weighted by Crippen LogP contribution is -2.41. The van der Waals surface area contributed by atoms with Gasteiger partial charge in [0, 0.05) is 18.7 Å². The fourth-order valence-electron chi connectivity index (χ4n) is 2.22. The molecule has 0 saturated carbocycles. The van der Waals surface area contributed by atoms with Crippen molar-refractivity contribution in [3.63, 3.8) is 0 Å². The van der Waals surface area contributed by atoms with Crippen molar-refractivity contribution in [1.29, 1.82) is 0 Å². The number of aldehydes is 1. The number of carbonyl (C=O) groups is 2. The van der Waals surface area contributed by atoms with Crippen molar-refractivity contribution in [3.8, 4) is 0 Å². The molecule has 114 valence electrons. The average Bonchev–Trinajstić information content (AvgIpc) is 3.30. The number of hydrogen-bond acceptors (Lipinski definition) is 5. The molecule has 0 bridgehead atoms. The number of carbonyl (C=O) groups excluding carboxylic acids is 2. The van der Waals surface area contributed by atoms with Gasteiger partial charge >= 0.3 is 0 Å². The zero-order valence-corrected chi connectivity index (χ0v) is 11.9. The van der Waals surface area contributed by atoms with Gasteiger partial charge in [-0.3, -0.25) is 9.59 Å². The summed E-state index contributed by atoms with van der Waals surface area (Å²) in [4.78, 5) is 22.5. The molecule has 0 aliphatic carbocycles. The van der Waals surface area contributed by atoms with E-state index in [1.165, 1.54) is 0 Å². The SMILES string of the molecule is NCc1ccc(C=O)c(CNC(CCC2CO2)C(N)=O)c1. The van der Waals surface area contributed by atoms with E-state index in [2.05, 4.69) is 5.32 Å². The number of amides is 1. The van der Waals surface area contributed by atoms with E-state index >= 15 is 0 Å². The van der Waals surface area contributed by atoms with Crippen LogP contribution < -0.4 is 16.8 Å². The van der Waals surface area contributed by atoms with Crippen molar-refractivity contribution >= 4 is 12.2 Å². The van der Waals surface area contributed by atoms with Crippen molar-refractivity contribution in [2.45, 2.75) is 38.1 Å². The van der Waals surface area contributed by atoms with Crippen molar-refractivity contribution in [2.75, 3.05) is 6.61 Å². The Morgan fingerprint density at radius 2 is 2.29 bits per heavy atom. The number of rotatable bonds is 9. The van der Waals surface area contributed by atoms with Gasteiger partial charge in [-0.05, 0) is 24.0 Å². The first kappa shape index (κ1) is 15.6. The highest BCUT2D eigenvalue weighted by molar-refractivity contribution is 5.80. The molecule has 1 amide bonds. The fourth-order valence-corrected chi connectivity index (χ4v) is 2.22. The molecule has 0 aromatic heterocycles. The Bertz CT molecular complexity index is 515. The van der Waals surface area contributed by atoms with Gasteiger partial charge in [0.25, 0.3) is 0 Å². The van der Waals surface area contributed by atoms with E-state index in [-0.39, 0.29) is 6.10 Å². The van der Waals surface area contributed by atoms with Gasteiger partial charge in [-0.25, -0.2) is 0 Å². The zero-order valence-electron chi connectivity index (χ0n) is 11.9. The predicted octanol–water partition coefficient (Wildman–Crippen LogP) is 0.0803. The third-order valence-corrected chi connectivity index (χ3v) is 3.63. The Morgan fingerprint density at radius 3 is 2.86 bits per heavy atom. The summed E-state index contributed by atoms with van der Waals surface area (Å²) >= 11 is 0. The van der Waals surface area contributed by atoms with Gasteiger partial charge in [0.15, 0.2) is 0 Å². The zero-order chi connectivity index (χ0) is 15.2. The van der Waals surface area contributed by atoms with Crippen LogP contribution in [0.1, 0.15) is 34.3 Å². The Hall–Kier alpha value is -1.76. The highest BCUT2D eigenvalue weighted by atomic mass is 16.6. The molecule has 2 atom stereocenters. The summed E-state index contributed by atoms with van der Waals surface area (Å²) in [5.41, 5.74) is 13.4. The largest absolute Gasteiger partial charge is 0.373 e. The minimum atomic E-state index is -0.421. The van der Waals surface area contributed by atoms with Crippen LogP contribution in [-0.4, -0.2) is 30.9 Å². The molecule has 1 heterocycles. The summed E-state index contributed by atoms with van der Waals surface area (Å²) in [6, 6.07) is 5.01. The van der Waals surface area contributed by atoms with Crippen LogP contribution in [0.25, 0.3) is 0 Å². The van der Waals surface area contributed by atoms with E-state index in [9.17, 15) is 9.59 Å². The van der Waals surface area contributed by atoms with Crippen LogP contribution in [0.4, 0.5) is 0 Å². The van der Waals surface area contributed by atoms with E-state index in [4.69, 9.17) is 16.2 Å².